The van der Waals surface area contributed by atoms with Crippen LogP contribution < -0.4 is 15.1 Å². The third-order valence-electron chi connectivity index (χ3n) is 3.27. The molecule has 0 spiro atoms. The molecule has 0 aliphatic heterocycles. The molecular formula is C13H26N6S. The van der Waals surface area contributed by atoms with E-state index >= 15 is 0 Å². The van der Waals surface area contributed by atoms with E-state index < -0.39 is 0 Å². The average Bonchev–Trinajstić information content (AvgIpc) is 2.47. The molecule has 1 N–H and O–H groups in total. The van der Waals surface area contributed by atoms with E-state index in [9.17, 15) is 0 Å². The lowest BCUT2D eigenvalue weighted by atomic mass is 10.3. The smallest absolute Gasteiger partial charge is 0.231 e. The summed E-state index contributed by atoms with van der Waals surface area (Å²) in [6.45, 7) is 8.15. The van der Waals surface area contributed by atoms with Crippen LogP contribution in [-0.4, -0.2) is 60.2 Å². The van der Waals surface area contributed by atoms with Gasteiger partial charge in [0, 0.05) is 39.0 Å². The van der Waals surface area contributed by atoms with Gasteiger partial charge in [-0.25, -0.2) is 0 Å². The Kier molecular flexibility index (Phi) is 6.84. The van der Waals surface area contributed by atoms with Crippen molar-refractivity contribution in [3.8, 4) is 0 Å². The third-order valence-corrected chi connectivity index (χ3v) is 4.08. The Bertz CT molecular complexity index is 410. The van der Waals surface area contributed by atoms with Crippen molar-refractivity contribution in [2.75, 3.05) is 54.3 Å². The van der Waals surface area contributed by atoms with Gasteiger partial charge < -0.3 is 15.1 Å². The Morgan fingerprint density at radius 1 is 1.15 bits per heavy atom. The maximum atomic E-state index is 4.61. The number of nitrogens with zero attached hydrogens (tertiary/aromatic N) is 5. The SMILES string of the molecule is CCN(CC)c1nc(NC)nc(N(C)C(C)CSC)n1. The summed E-state index contributed by atoms with van der Waals surface area (Å²) >= 11 is 1.82. The van der Waals surface area contributed by atoms with Gasteiger partial charge in [0.15, 0.2) is 0 Å². The highest BCUT2D eigenvalue weighted by molar-refractivity contribution is 7.98. The molecule has 0 fully saturated rings. The topological polar surface area (TPSA) is 57.2 Å². The molecule has 20 heavy (non-hydrogen) atoms. The number of anilines is 3. The van der Waals surface area contributed by atoms with Crippen molar-refractivity contribution < 1.29 is 0 Å². The summed E-state index contributed by atoms with van der Waals surface area (Å²) in [5.41, 5.74) is 0. The van der Waals surface area contributed by atoms with Crippen LogP contribution in [0.5, 0.6) is 0 Å². The second-order valence-electron chi connectivity index (χ2n) is 4.60. The van der Waals surface area contributed by atoms with Crippen molar-refractivity contribution >= 4 is 29.6 Å². The van der Waals surface area contributed by atoms with E-state index in [0.717, 1.165) is 24.8 Å². The van der Waals surface area contributed by atoms with Gasteiger partial charge in [-0.15, -0.1) is 0 Å². The predicted molar refractivity (Wildman–Crippen MR) is 89.2 cm³/mol. The Morgan fingerprint density at radius 3 is 2.25 bits per heavy atom. The summed E-state index contributed by atoms with van der Waals surface area (Å²) in [5.74, 6) is 3.10. The van der Waals surface area contributed by atoms with Gasteiger partial charge in [-0.05, 0) is 27.0 Å². The first-order chi connectivity index (χ1) is 9.57. The lowest BCUT2D eigenvalue weighted by molar-refractivity contribution is 0.727. The zero-order valence-corrected chi connectivity index (χ0v) is 14.2. The average molecular weight is 298 g/mol. The van der Waals surface area contributed by atoms with Gasteiger partial charge in [0.2, 0.25) is 17.8 Å². The molecule has 114 valence electrons. The molecule has 0 bridgehead atoms. The summed E-state index contributed by atoms with van der Waals surface area (Å²) in [6.07, 6.45) is 2.11. The first kappa shape index (κ1) is 16.8. The van der Waals surface area contributed by atoms with Crippen molar-refractivity contribution in [2.24, 2.45) is 0 Å². The highest BCUT2D eigenvalue weighted by atomic mass is 32.2. The van der Waals surface area contributed by atoms with E-state index in [1.165, 1.54) is 0 Å². The number of aromatic nitrogens is 3. The predicted octanol–water partition coefficient (Wildman–Crippen LogP) is 1.95. The summed E-state index contributed by atoms with van der Waals surface area (Å²) < 4.78 is 0. The Labute approximate surface area is 126 Å². The molecule has 0 saturated carbocycles. The molecule has 0 saturated heterocycles. The molecule has 0 aliphatic carbocycles. The molecule has 0 radical (unpaired) electrons. The van der Waals surface area contributed by atoms with Crippen LogP contribution >= 0.6 is 11.8 Å². The highest BCUT2D eigenvalue weighted by Gasteiger charge is 2.16. The molecule has 1 rings (SSSR count). The zero-order valence-electron chi connectivity index (χ0n) is 13.3. The van der Waals surface area contributed by atoms with Gasteiger partial charge in [-0.1, -0.05) is 0 Å². The van der Waals surface area contributed by atoms with Crippen LogP contribution in [0.15, 0.2) is 0 Å². The molecule has 1 aromatic rings. The van der Waals surface area contributed by atoms with E-state index in [1.807, 2.05) is 25.9 Å². The lowest BCUT2D eigenvalue weighted by Crippen LogP contribution is -2.33. The first-order valence-electron chi connectivity index (χ1n) is 6.97. The van der Waals surface area contributed by atoms with E-state index in [0.29, 0.717) is 17.9 Å². The van der Waals surface area contributed by atoms with E-state index in [4.69, 9.17) is 0 Å². The second-order valence-corrected chi connectivity index (χ2v) is 5.51. The van der Waals surface area contributed by atoms with Crippen molar-refractivity contribution in [1.29, 1.82) is 0 Å². The molecule has 0 aromatic carbocycles. The zero-order chi connectivity index (χ0) is 15.1. The fourth-order valence-electron chi connectivity index (χ4n) is 1.82. The normalized spacial score (nSPS) is 12.1. The largest absolute Gasteiger partial charge is 0.357 e. The monoisotopic (exact) mass is 298 g/mol. The quantitative estimate of drug-likeness (QED) is 0.787. The van der Waals surface area contributed by atoms with Crippen molar-refractivity contribution in [2.45, 2.75) is 26.8 Å². The van der Waals surface area contributed by atoms with Gasteiger partial charge in [0.1, 0.15) is 0 Å². The van der Waals surface area contributed by atoms with Gasteiger partial charge >= 0.3 is 0 Å². The van der Waals surface area contributed by atoms with Crippen molar-refractivity contribution in [3.05, 3.63) is 0 Å². The molecule has 0 amide bonds. The van der Waals surface area contributed by atoms with Crippen LogP contribution in [0.4, 0.5) is 17.8 Å². The molecule has 7 heteroatoms. The maximum Gasteiger partial charge on any atom is 0.231 e. The highest BCUT2D eigenvalue weighted by Crippen LogP contribution is 2.18. The van der Waals surface area contributed by atoms with E-state index in [-0.39, 0.29) is 0 Å². The number of hydrogen-bond acceptors (Lipinski definition) is 7. The first-order valence-corrected chi connectivity index (χ1v) is 8.37. The number of hydrogen-bond donors (Lipinski definition) is 1. The molecular weight excluding hydrogens is 272 g/mol. The lowest BCUT2D eigenvalue weighted by Gasteiger charge is -2.26. The molecule has 6 nitrogen and oxygen atoms in total. The van der Waals surface area contributed by atoms with Crippen molar-refractivity contribution in [3.63, 3.8) is 0 Å². The minimum atomic E-state index is 0.377. The van der Waals surface area contributed by atoms with Crippen LogP contribution in [0.25, 0.3) is 0 Å². The molecule has 1 aromatic heterocycles. The fraction of sp³-hybridized carbons (Fsp3) is 0.769. The summed E-state index contributed by atoms with van der Waals surface area (Å²) in [4.78, 5) is 17.7. The Morgan fingerprint density at radius 2 is 1.75 bits per heavy atom. The second kappa shape index (κ2) is 8.14. The molecule has 1 unspecified atom stereocenters. The molecule has 0 aliphatic rings. The van der Waals surface area contributed by atoms with Crippen LogP contribution in [0.1, 0.15) is 20.8 Å². The minimum absolute atomic E-state index is 0.377. The summed E-state index contributed by atoms with van der Waals surface area (Å²) in [6, 6.07) is 0.377. The number of rotatable bonds is 8. The van der Waals surface area contributed by atoms with Crippen LogP contribution in [0.2, 0.25) is 0 Å². The fourth-order valence-corrected chi connectivity index (χ4v) is 2.53. The van der Waals surface area contributed by atoms with Crippen molar-refractivity contribution in [1.82, 2.24) is 15.0 Å². The Hall–Kier alpha value is -1.24. The summed E-state index contributed by atoms with van der Waals surface area (Å²) in [7, 11) is 3.86. The van der Waals surface area contributed by atoms with Crippen LogP contribution in [-0.2, 0) is 0 Å². The maximum absolute atomic E-state index is 4.61. The van der Waals surface area contributed by atoms with Crippen LogP contribution in [0.3, 0.4) is 0 Å². The van der Waals surface area contributed by atoms with Crippen LogP contribution in [0, 0.1) is 0 Å². The number of thioether (sulfide) groups is 1. The van der Waals surface area contributed by atoms with E-state index in [1.54, 1.807) is 0 Å². The molecule has 1 atom stereocenters. The van der Waals surface area contributed by atoms with Gasteiger partial charge in [-0.2, -0.15) is 26.7 Å². The summed E-state index contributed by atoms with van der Waals surface area (Å²) in [5, 5.41) is 3.02. The van der Waals surface area contributed by atoms with E-state index in [2.05, 4.69) is 57.1 Å². The minimum Gasteiger partial charge on any atom is -0.357 e. The van der Waals surface area contributed by atoms with Gasteiger partial charge in [0.05, 0.1) is 0 Å². The molecule has 1 heterocycles. The third kappa shape index (κ3) is 4.13. The standard InChI is InChI=1S/C13H26N6S/c1-7-19(8-2)13-16-11(14-4)15-12(17-13)18(5)10(3)9-20-6/h10H,7-9H2,1-6H3,(H,14,15,16,17). The number of nitrogens with one attached hydrogen (secondary N) is 1. The van der Waals surface area contributed by atoms with Gasteiger partial charge in [-0.3, -0.25) is 0 Å². The Balaban J connectivity index is 3.09. The van der Waals surface area contributed by atoms with Gasteiger partial charge in [0.25, 0.3) is 0 Å².